The quantitative estimate of drug-likeness (QED) is 0.719. The first kappa shape index (κ1) is 16.1. The van der Waals surface area contributed by atoms with Gasteiger partial charge in [-0.1, -0.05) is 6.07 Å². The molecule has 4 rings (SSSR count). The first-order valence-electron chi connectivity index (χ1n) is 7.59. The van der Waals surface area contributed by atoms with E-state index in [1.807, 2.05) is 4.68 Å². The Labute approximate surface area is 149 Å². The highest BCUT2D eigenvalue weighted by Crippen LogP contribution is 2.29. The van der Waals surface area contributed by atoms with Crippen molar-refractivity contribution in [1.29, 1.82) is 0 Å². The zero-order valence-electron chi connectivity index (χ0n) is 12.9. The van der Waals surface area contributed by atoms with Gasteiger partial charge in [0.2, 0.25) is 0 Å². The highest BCUT2D eigenvalue weighted by atomic mass is 79.9. The van der Waals surface area contributed by atoms with E-state index in [2.05, 4.69) is 30.7 Å². The van der Waals surface area contributed by atoms with E-state index in [4.69, 9.17) is 0 Å². The Morgan fingerprint density at radius 3 is 3.00 bits per heavy atom. The zero-order valence-corrected chi connectivity index (χ0v) is 14.5. The summed E-state index contributed by atoms with van der Waals surface area (Å²) in [4.78, 5) is 17.5. The topological polar surface area (TPSA) is 63.2 Å². The van der Waals surface area contributed by atoms with Crippen molar-refractivity contribution >= 4 is 32.7 Å². The van der Waals surface area contributed by atoms with Crippen molar-refractivity contribution in [3.8, 4) is 5.75 Å². The molecule has 6 nitrogen and oxygen atoms in total. The molecule has 0 saturated carbocycles. The molecule has 0 unspecified atom stereocenters. The lowest BCUT2D eigenvalue weighted by atomic mass is 10.2. The number of carbonyl (C=O) groups is 1. The van der Waals surface area contributed by atoms with Gasteiger partial charge in [-0.05, 0) is 34.1 Å². The van der Waals surface area contributed by atoms with E-state index >= 15 is 0 Å². The normalized spacial score (nSPS) is 14.2. The van der Waals surface area contributed by atoms with Gasteiger partial charge in [-0.3, -0.25) is 9.48 Å². The molecule has 1 aliphatic heterocycles. The smallest absolute Gasteiger partial charge is 0.387 e. The van der Waals surface area contributed by atoms with Crippen LogP contribution in [-0.4, -0.2) is 38.7 Å². The van der Waals surface area contributed by atoms with Gasteiger partial charge in [-0.15, -0.1) is 0 Å². The average molecular weight is 411 g/mol. The number of benzene rings is 1. The molecule has 0 spiro atoms. The van der Waals surface area contributed by atoms with Crippen molar-refractivity contribution in [2.24, 2.45) is 0 Å². The van der Waals surface area contributed by atoms with Crippen LogP contribution in [0.1, 0.15) is 16.2 Å². The molecular formula is C16H13BrF2N4O2. The molecule has 0 radical (unpaired) electrons. The van der Waals surface area contributed by atoms with E-state index in [1.165, 1.54) is 6.07 Å². The molecule has 9 heteroatoms. The van der Waals surface area contributed by atoms with Crippen LogP contribution in [-0.2, 0) is 13.1 Å². The van der Waals surface area contributed by atoms with Gasteiger partial charge in [-0.25, -0.2) is 0 Å². The predicted octanol–water partition coefficient (Wildman–Crippen LogP) is 3.38. The first-order chi connectivity index (χ1) is 12.0. The molecule has 3 aromatic rings. The fourth-order valence-electron chi connectivity index (χ4n) is 3.00. The molecule has 25 heavy (non-hydrogen) atoms. The van der Waals surface area contributed by atoms with E-state index in [0.717, 1.165) is 10.2 Å². The summed E-state index contributed by atoms with van der Waals surface area (Å²) in [5.41, 5.74) is 1.84. The molecule has 1 aliphatic rings. The van der Waals surface area contributed by atoms with Crippen molar-refractivity contribution in [2.75, 3.05) is 6.54 Å². The Hall–Kier alpha value is -2.42. The number of carbonyl (C=O) groups excluding carboxylic acids is 1. The molecule has 0 fully saturated rings. The zero-order chi connectivity index (χ0) is 17.6. The largest absolute Gasteiger partial charge is 0.434 e. The summed E-state index contributed by atoms with van der Waals surface area (Å²) in [6, 6.07) is 6.32. The molecular weight excluding hydrogens is 398 g/mol. The first-order valence-corrected chi connectivity index (χ1v) is 8.38. The second-order valence-corrected chi connectivity index (χ2v) is 6.52. The summed E-state index contributed by atoms with van der Waals surface area (Å²) in [6.45, 7) is -1.36. The molecule has 0 atom stereocenters. The lowest BCUT2D eigenvalue weighted by Crippen LogP contribution is -2.38. The van der Waals surface area contributed by atoms with Crippen LogP contribution in [0.3, 0.4) is 0 Å². The summed E-state index contributed by atoms with van der Waals surface area (Å²) < 4.78 is 32.3. The SMILES string of the molecule is O=C(c1cc2c(OC(F)F)cccc2[nH]1)N1CCn2ncc(Br)c2C1. The third-order valence-electron chi connectivity index (χ3n) is 4.18. The standard InChI is InChI=1S/C16H13BrF2N4O2/c17-10-7-20-23-5-4-22(8-13(10)23)15(24)12-6-9-11(21-12)2-1-3-14(9)25-16(18)19/h1-3,6-7,16,21H,4-5,8H2. The van der Waals surface area contributed by atoms with E-state index in [9.17, 15) is 13.6 Å². The van der Waals surface area contributed by atoms with Gasteiger partial charge in [0.05, 0.1) is 29.5 Å². The van der Waals surface area contributed by atoms with Crippen LogP contribution in [0.2, 0.25) is 0 Å². The number of nitrogens with one attached hydrogen (secondary N) is 1. The summed E-state index contributed by atoms with van der Waals surface area (Å²) in [5.74, 6) is -0.152. The molecule has 3 heterocycles. The number of alkyl halides is 2. The van der Waals surface area contributed by atoms with Gasteiger partial charge < -0.3 is 14.6 Å². The lowest BCUT2D eigenvalue weighted by molar-refractivity contribution is -0.0487. The summed E-state index contributed by atoms with van der Waals surface area (Å²) >= 11 is 3.43. The number of hydrogen-bond acceptors (Lipinski definition) is 3. The van der Waals surface area contributed by atoms with Crippen molar-refractivity contribution in [3.63, 3.8) is 0 Å². The summed E-state index contributed by atoms with van der Waals surface area (Å²) in [7, 11) is 0. The molecule has 1 aromatic carbocycles. The van der Waals surface area contributed by atoms with Crippen LogP contribution in [0.25, 0.3) is 10.9 Å². The number of ether oxygens (including phenoxy) is 1. The number of H-pyrrole nitrogens is 1. The Morgan fingerprint density at radius 2 is 2.20 bits per heavy atom. The number of halogens is 3. The van der Waals surface area contributed by atoms with E-state index in [-0.39, 0.29) is 11.7 Å². The molecule has 0 aliphatic carbocycles. The lowest BCUT2D eigenvalue weighted by Gasteiger charge is -2.27. The van der Waals surface area contributed by atoms with Crippen molar-refractivity contribution in [1.82, 2.24) is 19.7 Å². The van der Waals surface area contributed by atoms with E-state index in [1.54, 1.807) is 29.3 Å². The van der Waals surface area contributed by atoms with Crippen molar-refractivity contribution < 1.29 is 18.3 Å². The minimum Gasteiger partial charge on any atom is -0.434 e. The Morgan fingerprint density at radius 1 is 1.36 bits per heavy atom. The van der Waals surface area contributed by atoms with Crippen LogP contribution in [0.15, 0.2) is 34.9 Å². The monoisotopic (exact) mass is 410 g/mol. The maximum Gasteiger partial charge on any atom is 0.387 e. The number of fused-ring (bicyclic) bond motifs is 2. The van der Waals surface area contributed by atoms with Crippen molar-refractivity contribution in [3.05, 3.63) is 46.3 Å². The second-order valence-electron chi connectivity index (χ2n) is 5.67. The number of aromatic amines is 1. The summed E-state index contributed by atoms with van der Waals surface area (Å²) in [5, 5.41) is 4.69. The summed E-state index contributed by atoms with van der Waals surface area (Å²) in [6.07, 6.45) is 1.71. The molecule has 0 bridgehead atoms. The van der Waals surface area contributed by atoms with Crippen LogP contribution in [0.4, 0.5) is 8.78 Å². The molecule has 130 valence electrons. The Kier molecular flexibility index (Phi) is 3.95. The van der Waals surface area contributed by atoms with Gasteiger partial charge >= 0.3 is 6.61 Å². The highest BCUT2D eigenvalue weighted by Gasteiger charge is 2.25. The minimum atomic E-state index is -2.92. The molecule has 1 amide bonds. The number of nitrogens with zero attached hydrogens (tertiary/aromatic N) is 3. The fraction of sp³-hybridized carbons (Fsp3) is 0.250. The third-order valence-corrected chi connectivity index (χ3v) is 4.84. The third kappa shape index (κ3) is 2.88. The van der Waals surface area contributed by atoms with Crippen LogP contribution in [0, 0.1) is 0 Å². The van der Waals surface area contributed by atoms with Gasteiger partial charge in [0.1, 0.15) is 11.4 Å². The molecule has 0 saturated heterocycles. The van der Waals surface area contributed by atoms with Crippen LogP contribution >= 0.6 is 15.9 Å². The van der Waals surface area contributed by atoms with Gasteiger partial charge in [-0.2, -0.15) is 13.9 Å². The van der Waals surface area contributed by atoms with Gasteiger partial charge in [0, 0.05) is 17.4 Å². The average Bonchev–Trinajstić information content (AvgIpc) is 3.18. The number of amides is 1. The maximum absolute atomic E-state index is 12.8. The second kappa shape index (κ2) is 6.14. The Balaban J connectivity index is 1.64. The molecule has 1 N–H and O–H groups in total. The van der Waals surface area contributed by atoms with Crippen LogP contribution in [0.5, 0.6) is 5.75 Å². The molecule has 2 aromatic heterocycles. The Bertz CT molecular complexity index is 953. The number of aromatic nitrogens is 3. The highest BCUT2D eigenvalue weighted by molar-refractivity contribution is 9.10. The number of hydrogen-bond donors (Lipinski definition) is 1. The van der Waals surface area contributed by atoms with E-state index < -0.39 is 6.61 Å². The van der Waals surface area contributed by atoms with Crippen LogP contribution < -0.4 is 4.74 Å². The fourth-order valence-corrected chi connectivity index (χ4v) is 3.42. The minimum absolute atomic E-state index is 0.0438. The number of rotatable bonds is 3. The van der Waals surface area contributed by atoms with Gasteiger partial charge in [0.15, 0.2) is 0 Å². The maximum atomic E-state index is 12.8. The predicted molar refractivity (Wildman–Crippen MR) is 89.6 cm³/mol. The van der Waals surface area contributed by atoms with Gasteiger partial charge in [0.25, 0.3) is 5.91 Å². The van der Waals surface area contributed by atoms with Crippen molar-refractivity contribution in [2.45, 2.75) is 19.7 Å². The van der Waals surface area contributed by atoms with E-state index in [0.29, 0.717) is 36.2 Å².